The molecule has 5 nitrogen and oxygen atoms in total. The molecule has 1 aliphatic carbocycles. The lowest BCUT2D eigenvalue weighted by Crippen LogP contribution is -2.41. The van der Waals surface area contributed by atoms with Crippen molar-refractivity contribution in [3.63, 3.8) is 0 Å². The molecule has 1 aromatic heterocycles. The van der Waals surface area contributed by atoms with E-state index in [9.17, 15) is 9.90 Å². The number of ether oxygens (including phenoxy) is 1. The number of anilines is 1. The second kappa shape index (κ2) is 8.84. The van der Waals surface area contributed by atoms with Gasteiger partial charge in [0.25, 0.3) is 0 Å². The van der Waals surface area contributed by atoms with Gasteiger partial charge in [0.1, 0.15) is 0 Å². The Bertz CT molecular complexity index is 828. The van der Waals surface area contributed by atoms with E-state index in [0.717, 1.165) is 41.7 Å². The van der Waals surface area contributed by atoms with Crippen molar-refractivity contribution in [2.45, 2.75) is 42.6 Å². The van der Waals surface area contributed by atoms with Crippen LogP contribution in [-0.2, 0) is 11.3 Å². The second-order valence-corrected chi connectivity index (χ2v) is 9.49. The molecule has 2 aromatic rings. The van der Waals surface area contributed by atoms with Gasteiger partial charge in [0, 0.05) is 17.3 Å². The monoisotopic (exact) mass is 462 g/mol. The van der Waals surface area contributed by atoms with Gasteiger partial charge in [0.15, 0.2) is 5.82 Å². The van der Waals surface area contributed by atoms with E-state index in [-0.39, 0.29) is 5.37 Å². The molecule has 1 unspecified atom stereocenters. The molecule has 0 spiro atoms. The van der Waals surface area contributed by atoms with Gasteiger partial charge in [-0.3, -0.25) is 0 Å². The Hall–Kier alpha value is -1.57. The van der Waals surface area contributed by atoms with Crippen LogP contribution < -0.4 is 4.90 Å². The molecule has 1 fully saturated rings. The fourth-order valence-electron chi connectivity index (χ4n) is 4.05. The fourth-order valence-corrected chi connectivity index (χ4v) is 6.00. The van der Waals surface area contributed by atoms with E-state index in [1.165, 1.54) is 10.5 Å². The summed E-state index contributed by atoms with van der Waals surface area (Å²) in [4.78, 5) is 18.6. The fraction of sp³-hybridized carbons (Fsp3) is 0.429. The van der Waals surface area contributed by atoms with E-state index < -0.39 is 6.09 Å². The Kier molecular flexibility index (Phi) is 6.23. The summed E-state index contributed by atoms with van der Waals surface area (Å²) in [7, 11) is 0. The van der Waals surface area contributed by atoms with Crippen LogP contribution >= 0.6 is 27.7 Å². The number of rotatable bonds is 5. The first-order valence-corrected chi connectivity index (χ1v) is 11.2. The Morgan fingerprint density at radius 1 is 1.25 bits per heavy atom. The lowest BCUT2D eigenvalue weighted by Gasteiger charge is -2.34. The average molecular weight is 463 g/mol. The zero-order valence-electron chi connectivity index (χ0n) is 15.5. The largest absolute Gasteiger partial charge is 0.465 e. The molecule has 0 saturated heterocycles. The van der Waals surface area contributed by atoms with E-state index in [2.05, 4.69) is 33.0 Å². The lowest BCUT2D eigenvalue weighted by molar-refractivity contribution is 0.0668. The molecule has 148 valence electrons. The second-order valence-electron chi connectivity index (χ2n) is 7.42. The zero-order chi connectivity index (χ0) is 19.5. The highest BCUT2D eigenvalue weighted by Gasteiger charge is 2.41. The number of thioether (sulfide) groups is 1. The molecule has 1 aromatic carbocycles. The summed E-state index contributed by atoms with van der Waals surface area (Å²) in [5.74, 6) is 1.47. The molecule has 1 saturated carbocycles. The van der Waals surface area contributed by atoms with E-state index in [1.807, 2.05) is 24.3 Å². The minimum atomic E-state index is -0.917. The summed E-state index contributed by atoms with van der Waals surface area (Å²) in [6.07, 6.45) is 4.96. The molecule has 0 bridgehead atoms. The number of fused-ring (bicyclic) bond motifs is 1. The summed E-state index contributed by atoms with van der Waals surface area (Å²) >= 11 is 5.06. The highest BCUT2D eigenvalue weighted by molar-refractivity contribution is 9.10. The van der Waals surface area contributed by atoms with Gasteiger partial charge >= 0.3 is 6.09 Å². The average Bonchev–Trinajstić information content (AvgIpc) is 3.08. The van der Waals surface area contributed by atoms with Gasteiger partial charge in [0.05, 0.1) is 16.9 Å². The number of hydrogen-bond donors (Lipinski definition) is 1. The van der Waals surface area contributed by atoms with E-state index in [4.69, 9.17) is 4.74 Å². The third-order valence-electron chi connectivity index (χ3n) is 5.50. The van der Waals surface area contributed by atoms with Crippen molar-refractivity contribution in [3.8, 4) is 0 Å². The van der Waals surface area contributed by atoms with Crippen LogP contribution in [0, 0.1) is 11.8 Å². The number of carboxylic acid groups (broad SMARTS) is 1. The van der Waals surface area contributed by atoms with Crippen molar-refractivity contribution in [1.82, 2.24) is 4.98 Å². The maximum Gasteiger partial charge on any atom is 0.414 e. The van der Waals surface area contributed by atoms with Crippen molar-refractivity contribution in [2.75, 3.05) is 11.5 Å². The maximum absolute atomic E-state index is 11.9. The number of benzene rings is 1. The summed E-state index contributed by atoms with van der Waals surface area (Å²) in [5, 5.41) is 9.66. The molecule has 2 aliphatic rings. The Morgan fingerprint density at radius 3 is 2.71 bits per heavy atom. The van der Waals surface area contributed by atoms with Crippen molar-refractivity contribution < 1.29 is 14.6 Å². The van der Waals surface area contributed by atoms with Crippen LogP contribution in [0.5, 0.6) is 0 Å². The number of pyridine rings is 1. The Morgan fingerprint density at radius 2 is 2.00 bits per heavy atom. The maximum atomic E-state index is 11.9. The quantitative estimate of drug-likeness (QED) is 0.609. The molecule has 1 N–H and O–H groups in total. The van der Waals surface area contributed by atoms with Crippen molar-refractivity contribution in [3.05, 3.63) is 52.6 Å². The normalized spacial score (nSPS) is 24.2. The molecule has 1 amide bonds. The minimum absolute atomic E-state index is 0.0829. The lowest BCUT2D eigenvalue weighted by atomic mass is 9.82. The smallest absolute Gasteiger partial charge is 0.414 e. The summed E-state index contributed by atoms with van der Waals surface area (Å²) < 4.78 is 6.80. The highest BCUT2D eigenvalue weighted by Crippen LogP contribution is 2.49. The molecule has 1 aliphatic heterocycles. The van der Waals surface area contributed by atoms with Crippen LogP contribution in [-0.4, -0.2) is 28.2 Å². The van der Waals surface area contributed by atoms with E-state index in [1.54, 1.807) is 18.0 Å². The number of nitrogens with zero attached hydrogens (tertiary/aromatic N) is 2. The molecular formula is C21H23BrN2O3S. The van der Waals surface area contributed by atoms with Gasteiger partial charge in [0.2, 0.25) is 0 Å². The number of halogens is 1. The number of carbonyl (C=O) groups is 1. The SMILES string of the molecule is O=C(O)N1c2ncc(Br)cc2SC1C1CCC(COCc2ccccc2)CC1. The molecular weight excluding hydrogens is 440 g/mol. The summed E-state index contributed by atoms with van der Waals surface area (Å²) in [6, 6.07) is 12.2. The van der Waals surface area contributed by atoms with Gasteiger partial charge in [-0.15, -0.1) is 0 Å². The van der Waals surface area contributed by atoms with Gasteiger partial charge in [-0.2, -0.15) is 0 Å². The molecule has 4 rings (SSSR count). The predicted molar refractivity (Wildman–Crippen MR) is 114 cm³/mol. The standard InChI is InChI=1S/C21H23BrN2O3S/c22-17-10-18-19(23-11-17)24(21(25)26)20(28-18)16-8-6-15(7-9-16)13-27-12-14-4-2-1-3-5-14/h1-5,10-11,15-16,20H,6-9,12-13H2,(H,25,26). The molecule has 2 heterocycles. The van der Waals surface area contributed by atoms with Crippen molar-refractivity contribution >= 4 is 39.6 Å². The number of hydrogen-bond acceptors (Lipinski definition) is 4. The van der Waals surface area contributed by atoms with Crippen LogP contribution in [0.15, 0.2) is 52.0 Å². The molecule has 28 heavy (non-hydrogen) atoms. The van der Waals surface area contributed by atoms with Gasteiger partial charge < -0.3 is 9.84 Å². The molecule has 1 atom stereocenters. The highest BCUT2D eigenvalue weighted by atomic mass is 79.9. The number of amides is 1. The first kappa shape index (κ1) is 19.7. The first-order valence-electron chi connectivity index (χ1n) is 9.58. The summed E-state index contributed by atoms with van der Waals surface area (Å²) in [6.45, 7) is 1.43. The van der Waals surface area contributed by atoms with Gasteiger partial charge in [-0.1, -0.05) is 42.1 Å². The predicted octanol–water partition coefficient (Wildman–Crippen LogP) is 5.78. The minimum Gasteiger partial charge on any atom is -0.465 e. The van der Waals surface area contributed by atoms with E-state index in [0.29, 0.717) is 24.3 Å². The van der Waals surface area contributed by atoms with Crippen LogP contribution in [0.2, 0.25) is 0 Å². The van der Waals surface area contributed by atoms with Crippen LogP contribution in [0.25, 0.3) is 0 Å². The first-order chi connectivity index (χ1) is 13.6. The Labute approximate surface area is 177 Å². The van der Waals surface area contributed by atoms with Crippen LogP contribution in [0.3, 0.4) is 0 Å². The van der Waals surface area contributed by atoms with Gasteiger partial charge in [-0.25, -0.2) is 14.7 Å². The van der Waals surface area contributed by atoms with E-state index >= 15 is 0 Å². The zero-order valence-corrected chi connectivity index (χ0v) is 17.9. The van der Waals surface area contributed by atoms with Crippen molar-refractivity contribution in [2.24, 2.45) is 11.8 Å². The Balaban J connectivity index is 1.31. The van der Waals surface area contributed by atoms with Gasteiger partial charge in [-0.05, 0) is 65.1 Å². The van der Waals surface area contributed by atoms with Crippen LogP contribution in [0.1, 0.15) is 31.2 Å². The van der Waals surface area contributed by atoms with Crippen LogP contribution in [0.4, 0.5) is 10.6 Å². The third kappa shape index (κ3) is 4.36. The topological polar surface area (TPSA) is 62.7 Å². The molecule has 0 radical (unpaired) electrons. The molecule has 7 heteroatoms. The third-order valence-corrected chi connectivity index (χ3v) is 7.32. The van der Waals surface area contributed by atoms with Crippen molar-refractivity contribution in [1.29, 1.82) is 0 Å². The number of aromatic nitrogens is 1. The summed E-state index contributed by atoms with van der Waals surface area (Å²) in [5.41, 5.74) is 1.20.